The van der Waals surface area contributed by atoms with Gasteiger partial charge in [-0.05, 0) is 0 Å². The van der Waals surface area contributed by atoms with Crippen LogP contribution in [-0.2, 0) is 4.84 Å². The average Bonchev–Trinajstić information content (AvgIpc) is 1.87. The largest absolute Gasteiger partial charge is 0.396 e. The Morgan fingerprint density at radius 1 is 1.30 bits per heavy atom. The molecule has 0 aliphatic rings. The van der Waals surface area contributed by atoms with Gasteiger partial charge in [0, 0.05) is 11.5 Å². The zero-order valence-electron chi connectivity index (χ0n) is 5.43. The molecule has 0 aliphatic heterocycles. The molecule has 3 N–H and O–H groups in total. The summed E-state index contributed by atoms with van der Waals surface area (Å²) in [5.74, 6) is 1.26. The lowest BCUT2D eigenvalue weighted by Gasteiger charge is -2.04. The van der Waals surface area contributed by atoms with Gasteiger partial charge in [0.15, 0.2) is 0 Å². The number of thioether (sulfide) groups is 1. The summed E-state index contributed by atoms with van der Waals surface area (Å²) in [6.07, 6.45) is 0. The van der Waals surface area contributed by atoms with E-state index >= 15 is 0 Å². The Morgan fingerprint density at radius 2 is 2.00 bits per heavy atom. The SMILES string of the molecule is OCCSCCON(O)O. The zero-order chi connectivity index (χ0) is 7.82. The predicted molar refractivity (Wildman–Crippen MR) is 35.8 cm³/mol. The van der Waals surface area contributed by atoms with E-state index < -0.39 is 0 Å². The molecule has 0 aliphatic carbocycles. The summed E-state index contributed by atoms with van der Waals surface area (Å²) < 4.78 is 0. The van der Waals surface area contributed by atoms with E-state index in [1.54, 1.807) is 0 Å². The van der Waals surface area contributed by atoms with Gasteiger partial charge >= 0.3 is 0 Å². The van der Waals surface area contributed by atoms with Gasteiger partial charge in [-0.15, -0.1) is 0 Å². The van der Waals surface area contributed by atoms with E-state index in [0.717, 1.165) is 0 Å². The van der Waals surface area contributed by atoms with Gasteiger partial charge in [-0.3, -0.25) is 10.4 Å². The van der Waals surface area contributed by atoms with Crippen LogP contribution < -0.4 is 0 Å². The lowest BCUT2D eigenvalue weighted by molar-refractivity contribution is -0.490. The second-order valence-electron chi connectivity index (χ2n) is 1.42. The van der Waals surface area contributed by atoms with E-state index in [-0.39, 0.29) is 18.6 Å². The number of nitrogens with zero attached hydrogens (tertiary/aromatic N) is 1. The predicted octanol–water partition coefficient (Wildman–Crippen LogP) is -0.276. The van der Waals surface area contributed by atoms with Crippen molar-refractivity contribution in [3.63, 3.8) is 0 Å². The maximum Gasteiger partial charge on any atom is 0.0826 e. The van der Waals surface area contributed by atoms with Crippen molar-refractivity contribution in [2.75, 3.05) is 24.7 Å². The van der Waals surface area contributed by atoms with Crippen LogP contribution in [0.5, 0.6) is 0 Å². The summed E-state index contributed by atoms with van der Waals surface area (Å²) in [7, 11) is 0. The number of rotatable bonds is 6. The third kappa shape index (κ3) is 8.15. The molecule has 0 bridgehead atoms. The lowest BCUT2D eigenvalue weighted by atomic mass is 10.9. The van der Waals surface area contributed by atoms with Gasteiger partial charge in [-0.1, -0.05) is 0 Å². The molecule has 0 saturated heterocycles. The molecule has 6 heteroatoms. The minimum atomic E-state index is -0.320. The first kappa shape index (κ1) is 10.2. The fourth-order valence-electron chi connectivity index (χ4n) is 0.344. The molecule has 0 aromatic heterocycles. The van der Waals surface area contributed by atoms with Crippen molar-refractivity contribution < 1.29 is 20.4 Å². The smallest absolute Gasteiger partial charge is 0.0826 e. The fourth-order valence-corrected chi connectivity index (χ4v) is 0.870. The first-order valence-corrected chi connectivity index (χ1v) is 3.92. The van der Waals surface area contributed by atoms with Crippen LogP contribution in [0.25, 0.3) is 0 Å². The second-order valence-corrected chi connectivity index (χ2v) is 2.65. The summed E-state index contributed by atoms with van der Waals surface area (Å²) in [6, 6.07) is 0. The molecule has 0 amide bonds. The van der Waals surface area contributed by atoms with E-state index in [9.17, 15) is 0 Å². The molecular formula is C4H11NO4S. The zero-order valence-corrected chi connectivity index (χ0v) is 6.25. The summed E-state index contributed by atoms with van der Waals surface area (Å²) in [6.45, 7) is 0.351. The van der Waals surface area contributed by atoms with Crippen LogP contribution in [0.4, 0.5) is 0 Å². The van der Waals surface area contributed by atoms with Crippen LogP contribution in [-0.4, -0.2) is 45.6 Å². The Kier molecular flexibility index (Phi) is 7.37. The van der Waals surface area contributed by atoms with Gasteiger partial charge in [0.1, 0.15) is 0 Å². The maximum absolute atomic E-state index is 8.30. The highest BCUT2D eigenvalue weighted by Gasteiger charge is 1.92. The van der Waals surface area contributed by atoms with Crippen molar-refractivity contribution in [3.8, 4) is 0 Å². The Balaban J connectivity index is 2.77. The molecule has 0 heterocycles. The number of aliphatic hydroxyl groups is 1. The summed E-state index contributed by atoms with van der Waals surface area (Å²) >= 11 is 1.47. The monoisotopic (exact) mass is 169 g/mol. The van der Waals surface area contributed by atoms with Crippen LogP contribution in [0, 0.1) is 0 Å². The third-order valence-corrected chi connectivity index (χ3v) is 1.60. The Morgan fingerprint density at radius 3 is 2.50 bits per heavy atom. The lowest BCUT2D eigenvalue weighted by Crippen LogP contribution is -2.16. The fraction of sp³-hybridized carbons (Fsp3) is 1.00. The molecule has 5 nitrogen and oxygen atoms in total. The molecule has 0 aromatic rings. The van der Waals surface area contributed by atoms with Crippen LogP contribution in [0.15, 0.2) is 0 Å². The molecule has 0 rings (SSSR count). The topological polar surface area (TPSA) is 73.2 Å². The molecule has 0 fully saturated rings. The molecule has 0 radical (unpaired) electrons. The Labute approximate surface area is 63.1 Å². The molecule has 10 heavy (non-hydrogen) atoms. The van der Waals surface area contributed by atoms with E-state index in [0.29, 0.717) is 11.5 Å². The van der Waals surface area contributed by atoms with Crippen molar-refractivity contribution in [1.82, 2.24) is 5.39 Å². The molecular weight excluding hydrogens is 158 g/mol. The van der Waals surface area contributed by atoms with Gasteiger partial charge in [0.25, 0.3) is 0 Å². The maximum atomic E-state index is 8.30. The Bertz CT molecular complexity index is 72.3. The average molecular weight is 169 g/mol. The van der Waals surface area contributed by atoms with Crippen LogP contribution in [0.3, 0.4) is 0 Å². The van der Waals surface area contributed by atoms with Crippen molar-refractivity contribution in [1.29, 1.82) is 0 Å². The van der Waals surface area contributed by atoms with Gasteiger partial charge in [0.05, 0.1) is 18.6 Å². The highest BCUT2D eigenvalue weighted by molar-refractivity contribution is 7.99. The number of aliphatic hydroxyl groups excluding tert-OH is 1. The summed E-state index contributed by atoms with van der Waals surface area (Å²) in [4.78, 5) is 4.23. The van der Waals surface area contributed by atoms with Crippen LogP contribution in [0.1, 0.15) is 0 Å². The van der Waals surface area contributed by atoms with Crippen molar-refractivity contribution in [3.05, 3.63) is 0 Å². The first-order valence-electron chi connectivity index (χ1n) is 2.76. The van der Waals surface area contributed by atoms with Gasteiger partial charge in [-0.25, -0.2) is 4.84 Å². The summed E-state index contributed by atoms with van der Waals surface area (Å²) in [5, 5.41) is 24.0. The molecule has 0 aromatic carbocycles. The van der Waals surface area contributed by atoms with Gasteiger partial charge in [-0.2, -0.15) is 11.8 Å². The molecule has 62 valence electrons. The van der Waals surface area contributed by atoms with E-state index in [1.165, 1.54) is 11.8 Å². The second kappa shape index (κ2) is 7.26. The Hall–Kier alpha value is 0.150. The van der Waals surface area contributed by atoms with Gasteiger partial charge < -0.3 is 5.11 Å². The third-order valence-electron chi connectivity index (χ3n) is 0.670. The van der Waals surface area contributed by atoms with E-state index in [2.05, 4.69) is 4.84 Å². The minimum Gasteiger partial charge on any atom is -0.396 e. The van der Waals surface area contributed by atoms with Crippen LogP contribution >= 0.6 is 11.8 Å². The van der Waals surface area contributed by atoms with Crippen LogP contribution in [0.2, 0.25) is 0 Å². The first-order chi connectivity index (χ1) is 4.77. The minimum absolute atomic E-state index is 0.132. The van der Waals surface area contributed by atoms with Crippen molar-refractivity contribution >= 4 is 11.8 Å². The molecule has 0 unspecified atom stereocenters. The highest BCUT2D eigenvalue weighted by atomic mass is 32.2. The standard InChI is InChI=1S/C4H11NO4S/c6-1-3-10-4-2-9-5(7)8/h6-8H,1-4H2. The van der Waals surface area contributed by atoms with Crippen molar-refractivity contribution in [2.45, 2.75) is 0 Å². The highest BCUT2D eigenvalue weighted by Crippen LogP contribution is 1.97. The van der Waals surface area contributed by atoms with Crippen molar-refractivity contribution in [2.24, 2.45) is 0 Å². The number of hydrogen-bond donors (Lipinski definition) is 3. The quantitative estimate of drug-likeness (QED) is 0.375. The van der Waals surface area contributed by atoms with E-state index in [4.69, 9.17) is 15.5 Å². The molecule has 0 saturated carbocycles. The normalized spacial score (nSPS) is 10.8. The summed E-state index contributed by atoms with van der Waals surface area (Å²) in [5.41, 5.74) is 0. The molecule has 0 spiro atoms. The van der Waals surface area contributed by atoms with Gasteiger partial charge in [0.2, 0.25) is 0 Å². The number of hydrogen-bond acceptors (Lipinski definition) is 6. The van der Waals surface area contributed by atoms with E-state index in [1.807, 2.05) is 0 Å². The molecule has 0 atom stereocenters.